The molecule has 3 heterocycles. The molecule has 1 aromatic carbocycles. The number of thioether (sulfide) groups is 1. The zero-order valence-corrected chi connectivity index (χ0v) is 13.8. The van der Waals surface area contributed by atoms with Gasteiger partial charge in [-0.05, 0) is 30.3 Å². The SMILES string of the molecule is FC(F)(F)c1ccnc(SCc2nc(-c3ccc4c(c3)OCO4)no2)c1. The summed E-state index contributed by atoms with van der Waals surface area (Å²) in [5.41, 5.74) is -0.0620. The fourth-order valence-electron chi connectivity index (χ4n) is 2.27. The van der Waals surface area contributed by atoms with Crippen molar-refractivity contribution >= 4 is 11.8 Å². The van der Waals surface area contributed by atoms with E-state index in [4.69, 9.17) is 14.0 Å². The van der Waals surface area contributed by atoms with Crippen LogP contribution >= 0.6 is 11.8 Å². The molecule has 0 N–H and O–H groups in total. The lowest BCUT2D eigenvalue weighted by molar-refractivity contribution is -0.137. The van der Waals surface area contributed by atoms with Crippen LogP contribution in [0.4, 0.5) is 13.2 Å². The molecule has 0 fully saturated rings. The minimum atomic E-state index is -4.41. The summed E-state index contributed by atoms with van der Waals surface area (Å²) in [5.74, 6) is 2.07. The number of hydrogen-bond donors (Lipinski definition) is 0. The van der Waals surface area contributed by atoms with Crippen LogP contribution in [0.1, 0.15) is 11.5 Å². The van der Waals surface area contributed by atoms with Crippen LogP contribution in [0.15, 0.2) is 46.1 Å². The van der Waals surface area contributed by atoms with Crippen molar-refractivity contribution < 1.29 is 27.2 Å². The van der Waals surface area contributed by atoms with E-state index in [1.165, 1.54) is 0 Å². The van der Waals surface area contributed by atoms with Gasteiger partial charge in [-0.15, -0.1) is 0 Å². The van der Waals surface area contributed by atoms with Gasteiger partial charge < -0.3 is 14.0 Å². The molecule has 6 nitrogen and oxygen atoms in total. The Morgan fingerprint density at radius 2 is 1.92 bits per heavy atom. The van der Waals surface area contributed by atoms with Gasteiger partial charge in [0.25, 0.3) is 0 Å². The lowest BCUT2D eigenvalue weighted by atomic mass is 10.2. The van der Waals surface area contributed by atoms with E-state index in [1.54, 1.807) is 18.2 Å². The van der Waals surface area contributed by atoms with Gasteiger partial charge in [-0.25, -0.2) is 4.98 Å². The molecular formula is C16H10F3N3O3S. The van der Waals surface area contributed by atoms with Gasteiger partial charge in [-0.1, -0.05) is 16.9 Å². The third kappa shape index (κ3) is 3.45. The maximum absolute atomic E-state index is 12.7. The Balaban J connectivity index is 1.46. The zero-order valence-electron chi connectivity index (χ0n) is 13.0. The highest BCUT2D eigenvalue weighted by Crippen LogP contribution is 2.35. The molecule has 0 spiro atoms. The fourth-order valence-corrected chi connectivity index (χ4v) is 3.00. The summed E-state index contributed by atoms with van der Waals surface area (Å²) in [4.78, 5) is 8.16. The van der Waals surface area contributed by atoms with Crippen molar-refractivity contribution in [3.8, 4) is 22.9 Å². The molecule has 1 aliphatic rings. The van der Waals surface area contributed by atoms with Crippen molar-refractivity contribution in [2.45, 2.75) is 17.0 Å². The van der Waals surface area contributed by atoms with E-state index in [2.05, 4.69) is 15.1 Å². The highest BCUT2D eigenvalue weighted by atomic mass is 32.2. The van der Waals surface area contributed by atoms with Gasteiger partial charge in [0.1, 0.15) is 0 Å². The van der Waals surface area contributed by atoms with Gasteiger partial charge in [0.2, 0.25) is 18.5 Å². The van der Waals surface area contributed by atoms with Gasteiger partial charge in [0.05, 0.1) is 16.3 Å². The molecule has 0 saturated heterocycles. The van der Waals surface area contributed by atoms with E-state index < -0.39 is 11.7 Å². The molecule has 0 atom stereocenters. The summed E-state index contributed by atoms with van der Waals surface area (Å²) in [6, 6.07) is 7.16. The van der Waals surface area contributed by atoms with Crippen molar-refractivity contribution in [3.63, 3.8) is 0 Å². The summed E-state index contributed by atoms with van der Waals surface area (Å²) >= 11 is 1.08. The molecule has 10 heteroatoms. The predicted octanol–water partition coefficient (Wildman–Crippen LogP) is 4.17. The Labute approximate surface area is 149 Å². The second-order valence-electron chi connectivity index (χ2n) is 5.25. The number of rotatable bonds is 4. The summed E-state index contributed by atoms with van der Waals surface area (Å²) in [7, 11) is 0. The lowest BCUT2D eigenvalue weighted by Crippen LogP contribution is -2.05. The molecule has 0 unspecified atom stereocenters. The number of pyridine rings is 1. The summed E-state index contributed by atoms with van der Waals surface area (Å²) < 4.78 is 53.9. The van der Waals surface area contributed by atoms with E-state index in [0.717, 1.165) is 30.1 Å². The van der Waals surface area contributed by atoms with Crippen LogP contribution in [0.5, 0.6) is 11.5 Å². The minimum Gasteiger partial charge on any atom is -0.454 e. The van der Waals surface area contributed by atoms with Crippen LogP contribution in [0, 0.1) is 0 Å². The van der Waals surface area contributed by atoms with E-state index in [1.807, 2.05) is 0 Å². The van der Waals surface area contributed by atoms with E-state index in [0.29, 0.717) is 22.9 Å². The van der Waals surface area contributed by atoms with Crippen LogP contribution < -0.4 is 9.47 Å². The second-order valence-corrected chi connectivity index (χ2v) is 6.24. The topological polar surface area (TPSA) is 70.3 Å². The molecule has 3 aromatic rings. The molecule has 0 bridgehead atoms. The smallest absolute Gasteiger partial charge is 0.416 e. The van der Waals surface area contributed by atoms with Crippen molar-refractivity contribution in [2.24, 2.45) is 0 Å². The van der Waals surface area contributed by atoms with Gasteiger partial charge in [0.15, 0.2) is 11.5 Å². The fraction of sp³-hybridized carbons (Fsp3) is 0.188. The maximum Gasteiger partial charge on any atom is 0.416 e. The molecule has 4 rings (SSSR count). The van der Waals surface area contributed by atoms with Gasteiger partial charge in [0, 0.05) is 11.8 Å². The zero-order chi connectivity index (χ0) is 18.1. The molecule has 134 valence electrons. The first-order valence-corrected chi connectivity index (χ1v) is 8.36. The monoisotopic (exact) mass is 381 g/mol. The molecule has 0 saturated carbocycles. The second kappa shape index (κ2) is 6.52. The van der Waals surface area contributed by atoms with Crippen molar-refractivity contribution in [3.05, 3.63) is 48.0 Å². The highest BCUT2D eigenvalue weighted by molar-refractivity contribution is 7.98. The molecule has 0 amide bonds. The molecule has 2 aromatic heterocycles. The number of fused-ring (bicyclic) bond motifs is 1. The van der Waals surface area contributed by atoms with Crippen LogP contribution in [0.2, 0.25) is 0 Å². The highest BCUT2D eigenvalue weighted by Gasteiger charge is 2.30. The van der Waals surface area contributed by atoms with Crippen LogP contribution in [-0.2, 0) is 11.9 Å². The largest absolute Gasteiger partial charge is 0.454 e. The number of aromatic nitrogens is 3. The molecule has 1 aliphatic heterocycles. The Morgan fingerprint density at radius 3 is 2.77 bits per heavy atom. The first-order chi connectivity index (χ1) is 12.5. The molecular weight excluding hydrogens is 371 g/mol. The third-order valence-electron chi connectivity index (χ3n) is 3.50. The van der Waals surface area contributed by atoms with Gasteiger partial charge in [-0.2, -0.15) is 18.2 Å². The van der Waals surface area contributed by atoms with E-state index in [9.17, 15) is 13.2 Å². The van der Waals surface area contributed by atoms with Gasteiger partial charge >= 0.3 is 6.18 Å². The van der Waals surface area contributed by atoms with Crippen LogP contribution in [-0.4, -0.2) is 21.9 Å². The number of ether oxygens (including phenoxy) is 2. The maximum atomic E-state index is 12.7. The quantitative estimate of drug-likeness (QED) is 0.628. The number of alkyl halides is 3. The summed E-state index contributed by atoms with van der Waals surface area (Å²) in [6.45, 7) is 0.164. The van der Waals surface area contributed by atoms with Crippen LogP contribution in [0.25, 0.3) is 11.4 Å². The number of halogens is 3. The Hall–Kier alpha value is -2.75. The number of hydrogen-bond acceptors (Lipinski definition) is 7. The van der Waals surface area contributed by atoms with Crippen molar-refractivity contribution in [1.29, 1.82) is 0 Å². The van der Waals surface area contributed by atoms with Crippen molar-refractivity contribution in [2.75, 3.05) is 6.79 Å². The summed E-state index contributed by atoms with van der Waals surface area (Å²) in [6.07, 6.45) is -3.29. The minimum absolute atomic E-state index is 0.164. The predicted molar refractivity (Wildman–Crippen MR) is 84.7 cm³/mol. The summed E-state index contributed by atoms with van der Waals surface area (Å²) in [5, 5.41) is 4.11. The number of nitrogens with zero attached hydrogens (tertiary/aromatic N) is 3. The van der Waals surface area contributed by atoms with Gasteiger partial charge in [-0.3, -0.25) is 0 Å². The molecule has 0 radical (unpaired) electrons. The normalized spacial score (nSPS) is 13.2. The average Bonchev–Trinajstić information content (AvgIpc) is 3.28. The first-order valence-electron chi connectivity index (χ1n) is 7.38. The molecule has 26 heavy (non-hydrogen) atoms. The first kappa shape index (κ1) is 16.7. The van der Waals surface area contributed by atoms with Crippen LogP contribution in [0.3, 0.4) is 0 Å². The molecule has 0 aliphatic carbocycles. The Bertz CT molecular complexity index is 946. The Kier molecular flexibility index (Phi) is 4.19. The number of benzene rings is 1. The van der Waals surface area contributed by atoms with Crippen molar-refractivity contribution in [1.82, 2.24) is 15.1 Å². The average molecular weight is 381 g/mol. The lowest BCUT2D eigenvalue weighted by Gasteiger charge is -2.06. The Morgan fingerprint density at radius 1 is 1.08 bits per heavy atom. The third-order valence-corrected chi connectivity index (χ3v) is 4.41. The standard InChI is InChI=1S/C16H10F3N3O3S/c17-16(18,19)10-3-4-20-14(6-10)26-7-13-21-15(22-25-13)9-1-2-11-12(5-9)24-8-23-11/h1-6H,7-8H2. The van der Waals surface area contributed by atoms with E-state index in [-0.39, 0.29) is 23.5 Å². The van der Waals surface area contributed by atoms with E-state index >= 15 is 0 Å².